The summed E-state index contributed by atoms with van der Waals surface area (Å²) >= 11 is 9.01. The molecular weight excluding hydrogens is 372 g/mol. The van der Waals surface area contributed by atoms with E-state index in [1.165, 1.54) is 18.2 Å². The zero-order valence-electron chi connectivity index (χ0n) is 10.2. The second-order valence-electron chi connectivity index (χ2n) is 3.64. The number of carbonyl (C=O) groups excluding carboxylic acids is 1. The highest BCUT2D eigenvalue weighted by atomic mass is 79.9. The van der Waals surface area contributed by atoms with Gasteiger partial charge < -0.3 is 10.1 Å². The number of primary sulfonamides is 1. The number of nitrogens with two attached hydrogens (primary N) is 1. The van der Waals surface area contributed by atoms with Crippen LogP contribution in [-0.2, 0) is 14.8 Å². The van der Waals surface area contributed by atoms with Crippen molar-refractivity contribution >= 4 is 43.5 Å². The monoisotopic (exact) mass is 382 g/mol. The van der Waals surface area contributed by atoms with E-state index in [-0.39, 0.29) is 22.2 Å². The molecule has 9 heteroatoms. The highest BCUT2D eigenvalue weighted by Crippen LogP contribution is 2.34. The third-order valence-corrected chi connectivity index (χ3v) is 3.73. The van der Waals surface area contributed by atoms with Gasteiger partial charge in [0.2, 0.25) is 10.0 Å². The van der Waals surface area contributed by atoms with Gasteiger partial charge in [-0.15, -0.1) is 6.58 Å². The predicted molar refractivity (Wildman–Crippen MR) is 79.2 cm³/mol. The van der Waals surface area contributed by atoms with Crippen molar-refractivity contribution in [2.75, 3.05) is 13.2 Å². The maximum absolute atomic E-state index is 11.5. The summed E-state index contributed by atoms with van der Waals surface area (Å²) in [5, 5.41) is 7.59. The van der Waals surface area contributed by atoms with Crippen LogP contribution < -0.4 is 15.2 Å². The molecule has 1 aromatic carbocycles. The number of amides is 1. The number of nitrogens with one attached hydrogen (secondary N) is 1. The molecule has 0 fully saturated rings. The van der Waals surface area contributed by atoms with Crippen molar-refractivity contribution in [2.45, 2.75) is 4.90 Å². The third kappa shape index (κ3) is 4.78. The van der Waals surface area contributed by atoms with E-state index < -0.39 is 22.5 Å². The van der Waals surface area contributed by atoms with E-state index in [1.54, 1.807) is 0 Å². The Balaban J connectivity index is 3.00. The van der Waals surface area contributed by atoms with E-state index in [9.17, 15) is 13.2 Å². The Labute approximate surface area is 130 Å². The minimum atomic E-state index is -4.03. The number of ether oxygens (including phenoxy) is 1. The molecule has 1 amide bonds. The molecule has 0 atom stereocenters. The summed E-state index contributed by atoms with van der Waals surface area (Å²) in [7, 11) is -4.03. The van der Waals surface area contributed by atoms with Crippen LogP contribution >= 0.6 is 27.5 Å². The Morgan fingerprint density at radius 1 is 1.55 bits per heavy atom. The van der Waals surface area contributed by atoms with Crippen LogP contribution in [0.2, 0.25) is 5.02 Å². The first kappa shape index (κ1) is 17.0. The fourth-order valence-corrected chi connectivity index (χ4v) is 3.05. The SMILES string of the molecule is C=CCNC(=O)COc1c(Cl)cc(Br)cc1S(N)(=O)=O. The fourth-order valence-electron chi connectivity index (χ4n) is 1.26. The van der Waals surface area contributed by atoms with Crippen LogP contribution in [0.1, 0.15) is 0 Å². The van der Waals surface area contributed by atoms with Crippen LogP contribution in [0.5, 0.6) is 5.75 Å². The smallest absolute Gasteiger partial charge is 0.258 e. The van der Waals surface area contributed by atoms with E-state index in [4.69, 9.17) is 21.5 Å². The predicted octanol–water partition coefficient (Wildman–Crippen LogP) is 1.43. The maximum atomic E-state index is 11.5. The van der Waals surface area contributed by atoms with Crippen molar-refractivity contribution in [1.29, 1.82) is 0 Å². The highest BCUT2D eigenvalue weighted by molar-refractivity contribution is 9.10. The second kappa shape index (κ2) is 7.07. The molecule has 0 spiro atoms. The van der Waals surface area contributed by atoms with Gasteiger partial charge in [-0.05, 0) is 12.1 Å². The van der Waals surface area contributed by atoms with Crippen molar-refractivity contribution in [3.05, 3.63) is 34.3 Å². The van der Waals surface area contributed by atoms with Crippen LogP contribution in [0.3, 0.4) is 0 Å². The molecule has 20 heavy (non-hydrogen) atoms. The minimum absolute atomic E-state index is 0.0277. The van der Waals surface area contributed by atoms with E-state index >= 15 is 0 Å². The lowest BCUT2D eigenvalue weighted by Gasteiger charge is -2.12. The van der Waals surface area contributed by atoms with Gasteiger partial charge >= 0.3 is 0 Å². The summed E-state index contributed by atoms with van der Waals surface area (Å²) in [5.74, 6) is -0.602. The van der Waals surface area contributed by atoms with Crippen LogP contribution in [0.25, 0.3) is 0 Å². The number of carbonyl (C=O) groups is 1. The third-order valence-electron chi connectivity index (χ3n) is 2.07. The molecule has 0 unspecified atom stereocenters. The van der Waals surface area contributed by atoms with Crippen LogP contribution in [0.15, 0.2) is 34.2 Å². The average Bonchev–Trinajstić information content (AvgIpc) is 2.33. The zero-order chi connectivity index (χ0) is 15.3. The second-order valence-corrected chi connectivity index (χ2v) is 6.49. The summed E-state index contributed by atoms with van der Waals surface area (Å²) in [4.78, 5) is 11.1. The van der Waals surface area contributed by atoms with E-state index in [0.29, 0.717) is 4.47 Å². The number of rotatable bonds is 6. The molecule has 0 aromatic heterocycles. The molecule has 0 heterocycles. The summed E-state index contributed by atoms with van der Waals surface area (Å²) in [5.41, 5.74) is 0. The molecule has 0 bridgehead atoms. The van der Waals surface area contributed by atoms with Gasteiger partial charge in [-0.25, -0.2) is 13.6 Å². The highest BCUT2D eigenvalue weighted by Gasteiger charge is 2.20. The lowest BCUT2D eigenvalue weighted by atomic mass is 10.3. The molecule has 0 saturated carbocycles. The molecule has 6 nitrogen and oxygen atoms in total. The topological polar surface area (TPSA) is 98.5 Å². The Kier molecular flexibility index (Phi) is 6.00. The molecule has 0 radical (unpaired) electrons. The van der Waals surface area contributed by atoms with Gasteiger partial charge in [-0.3, -0.25) is 4.79 Å². The van der Waals surface area contributed by atoms with Gasteiger partial charge in [0.15, 0.2) is 12.4 Å². The number of hydrogen-bond donors (Lipinski definition) is 2. The van der Waals surface area contributed by atoms with Gasteiger partial charge in [0.05, 0.1) is 5.02 Å². The summed E-state index contributed by atoms with van der Waals surface area (Å²) in [6, 6.07) is 2.69. The van der Waals surface area contributed by atoms with Crippen molar-refractivity contribution < 1.29 is 17.9 Å². The first-order valence-corrected chi connectivity index (χ1v) is 7.99. The molecule has 1 aromatic rings. The molecule has 3 N–H and O–H groups in total. The summed E-state index contributed by atoms with van der Waals surface area (Å²) in [6.45, 7) is 3.33. The van der Waals surface area contributed by atoms with Crippen molar-refractivity contribution in [2.24, 2.45) is 5.14 Å². The normalized spacial score (nSPS) is 10.9. The number of sulfonamides is 1. The van der Waals surface area contributed by atoms with Crippen molar-refractivity contribution in [3.8, 4) is 5.75 Å². The first-order valence-electron chi connectivity index (χ1n) is 5.28. The fraction of sp³-hybridized carbons (Fsp3) is 0.182. The van der Waals surface area contributed by atoms with Gasteiger partial charge in [-0.1, -0.05) is 33.6 Å². The van der Waals surface area contributed by atoms with Gasteiger partial charge in [0, 0.05) is 11.0 Å². The number of hydrogen-bond acceptors (Lipinski definition) is 4. The maximum Gasteiger partial charge on any atom is 0.258 e. The van der Waals surface area contributed by atoms with Crippen LogP contribution in [-0.4, -0.2) is 27.5 Å². The van der Waals surface area contributed by atoms with E-state index in [2.05, 4.69) is 27.8 Å². The van der Waals surface area contributed by atoms with Gasteiger partial charge in [0.1, 0.15) is 4.90 Å². The van der Waals surface area contributed by atoms with Gasteiger partial charge in [0.25, 0.3) is 5.91 Å². The molecule has 110 valence electrons. The largest absolute Gasteiger partial charge is 0.481 e. The number of halogens is 2. The standard InChI is InChI=1S/C11H12BrClN2O4S/c1-2-3-15-10(16)6-19-11-8(13)4-7(12)5-9(11)20(14,17)18/h2,4-5H,1,3,6H2,(H,15,16)(H2,14,17,18). The molecule has 0 aliphatic rings. The Morgan fingerprint density at radius 3 is 2.75 bits per heavy atom. The molecular formula is C11H12BrClN2O4S. The van der Waals surface area contributed by atoms with Crippen LogP contribution in [0.4, 0.5) is 0 Å². The van der Waals surface area contributed by atoms with Crippen LogP contribution in [0, 0.1) is 0 Å². The Hall–Kier alpha value is -1.09. The quantitative estimate of drug-likeness (QED) is 0.726. The van der Waals surface area contributed by atoms with Crippen molar-refractivity contribution in [3.63, 3.8) is 0 Å². The summed E-state index contributed by atoms with van der Waals surface area (Å²) in [6.07, 6.45) is 1.50. The minimum Gasteiger partial charge on any atom is -0.481 e. The summed E-state index contributed by atoms with van der Waals surface area (Å²) < 4.78 is 28.5. The molecule has 0 saturated heterocycles. The zero-order valence-corrected chi connectivity index (χ0v) is 13.4. The van der Waals surface area contributed by atoms with E-state index in [0.717, 1.165) is 0 Å². The Morgan fingerprint density at radius 2 is 2.20 bits per heavy atom. The molecule has 1 rings (SSSR count). The van der Waals surface area contributed by atoms with Crippen molar-refractivity contribution in [1.82, 2.24) is 5.32 Å². The van der Waals surface area contributed by atoms with Gasteiger partial charge in [-0.2, -0.15) is 0 Å². The lowest BCUT2D eigenvalue weighted by molar-refractivity contribution is -0.122. The Bertz CT molecular complexity index is 634. The lowest BCUT2D eigenvalue weighted by Crippen LogP contribution is -2.29. The molecule has 0 aliphatic carbocycles. The first-order chi connectivity index (χ1) is 9.25. The molecule has 0 aliphatic heterocycles. The average molecular weight is 384 g/mol. The number of benzene rings is 1. The van der Waals surface area contributed by atoms with E-state index in [1.807, 2.05) is 0 Å².